The molecule has 0 heterocycles. The largest absolute Gasteiger partial charge is 0.396 e. The Bertz CT molecular complexity index is 442. The normalized spacial score (nSPS) is 13.8. The summed E-state index contributed by atoms with van der Waals surface area (Å²) < 4.78 is 0. The van der Waals surface area contributed by atoms with Gasteiger partial charge in [0.15, 0.2) is 6.10 Å². The Morgan fingerprint density at radius 1 is 1.24 bits per heavy atom. The smallest absolute Gasteiger partial charge is 0.253 e. The summed E-state index contributed by atoms with van der Waals surface area (Å²) in [4.78, 5) is 12.0. The van der Waals surface area contributed by atoms with Crippen LogP contribution in [0.5, 0.6) is 0 Å². The van der Waals surface area contributed by atoms with Crippen molar-refractivity contribution in [2.45, 2.75) is 32.3 Å². The first-order chi connectivity index (χ1) is 9.97. The zero-order chi connectivity index (χ0) is 15.8. The average Bonchev–Trinajstić information content (AvgIpc) is 2.43. The second-order valence-electron chi connectivity index (χ2n) is 5.02. The van der Waals surface area contributed by atoms with Crippen molar-refractivity contribution in [2.75, 3.05) is 13.2 Å². The number of amides is 1. The number of halogens is 2. The molecule has 0 aliphatic heterocycles. The van der Waals surface area contributed by atoms with E-state index in [9.17, 15) is 9.90 Å². The number of rotatable bonds is 8. The summed E-state index contributed by atoms with van der Waals surface area (Å²) >= 11 is 11.7. The summed E-state index contributed by atoms with van der Waals surface area (Å²) in [7, 11) is 0. The Labute approximate surface area is 135 Å². The highest BCUT2D eigenvalue weighted by Gasteiger charge is 2.19. The van der Waals surface area contributed by atoms with E-state index in [1.165, 1.54) is 18.2 Å². The molecule has 0 spiro atoms. The molecule has 2 atom stereocenters. The van der Waals surface area contributed by atoms with Crippen LogP contribution in [0.1, 0.15) is 37.9 Å². The molecule has 1 aromatic rings. The fourth-order valence-electron chi connectivity index (χ4n) is 2.17. The Morgan fingerprint density at radius 3 is 2.38 bits per heavy atom. The molecule has 1 aromatic carbocycles. The first kappa shape index (κ1) is 18.2. The van der Waals surface area contributed by atoms with Gasteiger partial charge in [0.2, 0.25) is 0 Å². The van der Waals surface area contributed by atoms with Crippen molar-refractivity contribution in [1.82, 2.24) is 5.32 Å². The third-order valence-corrected chi connectivity index (χ3v) is 3.68. The van der Waals surface area contributed by atoms with Crippen LogP contribution in [0.3, 0.4) is 0 Å². The van der Waals surface area contributed by atoms with Crippen molar-refractivity contribution >= 4 is 29.1 Å². The van der Waals surface area contributed by atoms with Crippen molar-refractivity contribution in [1.29, 1.82) is 0 Å². The Hall–Kier alpha value is -0.810. The fraction of sp³-hybridized carbons (Fsp3) is 0.533. The molecular weight excluding hydrogens is 313 g/mol. The molecule has 1 rings (SSSR count). The maximum Gasteiger partial charge on any atom is 0.253 e. The van der Waals surface area contributed by atoms with Crippen LogP contribution in [0.25, 0.3) is 0 Å². The second-order valence-corrected chi connectivity index (χ2v) is 5.89. The molecule has 0 fully saturated rings. The van der Waals surface area contributed by atoms with Gasteiger partial charge in [0.05, 0.1) is 0 Å². The summed E-state index contributed by atoms with van der Waals surface area (Å²) in [5.74, 6) is -0.286. The highest BCUT2D eigenvalue weighted by Crippen LogP contribution is 2.23. The van der Waals surface area contributed by atoms with Gasteiger partial charge in [-0.3, -0.25) is 4.79 Å². The summed E-state index contributed by atoms with van der Waals surface area (Å²) in [6, 6.07) is 4.56. The Kier molecular flexibility index (Phi) is 8.04. The van der Waals surface area contributed by atoms with Gasteiger partial charge in [-0.2, -0.15) is 0 Å². The van der Waals surface area contributed by atoms with Crippen LogP contribution in [0.15, 0.2) is 18.2 Å². The van der Waals surface area contributed by atoms with Crippen molar-refractivity contribution in [2.24, 2.45) is 5.92 Å². The summed E-state index contributed by atoms with van der Waals surface area (Å²) in [5.41, 5.74) is 0.360. The third-order valence-electron chi connectivity index (χ3n) is 3.25. The van der Waals surface area contributed by atoms with E-state index in [1.807, 2.05) is 0 Å². The number of benzene rings is 1. The minimum atomic E-state index is -1.31. The van der Waals surface area contributed by atoms with Crippen LogP contribution in [-0.2, 0) is 4.79 Å². The van der Waals surface area contributed by atoms with Gasteiger partial charge in [-0.1, -0.05) is 36.5 Å². The van der Waals surface area contributed by atoms with E-state index in [1.54, 1.807) is 0 Å². The quantitative estimate of drug-likeness (QED) is 0.685. The number of hydrogen-bond donors (Lipinski definition) is 3. The molecule has 2 unspecified atom stereocenters. The second kappa shape index (κ2) is 9.26. The predicted molar refractivity (Wildman–Crippen MR) is 84.5 cm³/mol. The van der Waals surface area contributed by atoms with Gasteiger partial charge in [0, 0.05) is 23.2 Å². The lowest BCUT2D eigenvalue weighted by molar-refractivity contribution is -0.129. The topological polar surface area (TPSA) is 69.6 Å². The van der Waals surface area contributed by atoms with Crippen LogP contribution in [0.4, 0.5) is 0 Å². The highest BCUT2D eigenvalue weighted by atomic mass is 35.5. The molecular formula is C15H21Cl2NO3. The van der Waals surface area contributed by atoms with Crippen LogP contribution in [0, 0.1) is 5.92 Å². The number of hydrogen-bond acceptors (Lipinski definition) is 3. The number of aliphatic hydroxyl groups excluding tert-OH is 2. The molecule has 0 aliphatic carbocycles. The summed E-state index contributed by atoms with van der Waals surface area (Å²) in [6.45, 7) is 2.57. The molecule has 1 amide bonds. The van der Waals surface area contributed by atoms with Gasteiger partial charge in [-0.25, -0.2) is 0 Å². The van der Waals surface area contributed by atoms with E-state index in [-0.39, 0.29) is 12.5 Å². The molecule has 0 saturated carbocycles. The van der Waals surface area contributed by atoms with Gasteiger partial charge in [-0.05, 0) is 42.5 Å². The fourth-order valence-corrected chi connectivity index (χ4v) is 2.71. The Morgan fingerprint density at radius 2 is 1.86 bits per heavy atom. The standard InChI is InChI=1S/C15H21Cl2NO3/c1-2-3-10(4-5-19)9-18-15(21)14(20)11-6-12(16)8-13(17)7-11/h6-8,10,14,19-20H,2-5,9H2,1H3,(H,18,21). The molecule has 0 saturated heterocycles. The summed E-state index contributed by atoms with van der Waals surface area (Å²) in [6.07, 6.45) is 1.22. The molecule has 21 heavy (non-hydrogen) atoms. The van der Waals surface area contributed by atoms with Crippen LogP contribution < -0.4 is 5.32 Å². The SMILES string of the molecule is CCCC(CCO)CNC(=O)C(O)c1cc(Cl)cc(Cl)c1. The number of nitrogens with one attached hydrogen (secondary N) is 1. The molecule has 0 aromatic heterocycles. The van der Waals surface area contributed by atoms with Gasteiger partial charge in [-0.15, -0.1) is 0 Å². The van der Waals surface area contributed by atoms with Crippen molar-refractivity contribution < 1.29 is 15.0 Å². The van der Waals surface area contributed by atoms with Crippen molar-refractivity contribution in [3.8, 4) is 0 Å². The first-order valence-electron chi connectivity index (χ1n) is 7.00. The van der Waals surface area contributed by atoms with Crippen LogP contribution in [-0.4, -0.2) is 29.3 Å². The van der Waals surface area contributed by atoms with Gasteiger partial charge < -0.3 is 15.5 Å². The zero-order valence-electron chi connectivity index (χ0n) is 12.0. The molecule has 4 nitrogen and oxygen atoms in total. The number of carbonyl (C=O) groups excluding carboxylic acids is 1. The predicted octanol–water partition coefficient (Wildman–Crippen LogP) is 2.94. The van der Waals surface area contributed by atoms with Crippen LogP contribution >= 0.6 is 23.2 Å². The van der Waals surface area contributed by atoms with Crippen molar-refractivity contribution in [3.05, 3.63) is 33.8 Å². The van der Waals surface area contributed by atoms with E-state index in [4.69, 9.17) is 28.3 Å². The summed E-state index contributed by atoms with van der Waals surface area (Å²) in [5, 5.41) is 22.5. The molecule has 0 bridgehead atoms. The lowest BCUT2D eigenvalue weighted by Gasteiger charge is -2.18. The molecule has 118 valence electrons. The van der Waals surface area contributed by atoms with E-state index < -0.39 is 12.0 Å². The molecule has 0 radical (unpaired) electrons. The molecule has 0 aliphatic rings. The van der Waals surface area contributed by atoms with Crippen molar-refractivity contribution in [3.63, 3.8) is 0 Å². The van der Waals surface area contributed by atoms with E-state index in [0.29, 0.717) is 28.6 Å². The zero-order valence-corrected chi connectivity index (χ0v) is 13.5. The van der Waals surface area contributed by atoms with Gasteiger partial charge >= 0.3 is 0 Å². The minimum Gasteiger partial charge on any atom is -0.396 e. The lowest BCUT2D eigenvalue weighted by atomic mass is 10.00. The first-order valence-corrected chi connectivity index (χ1v) is 7.76. The van der Waals surface area contributed by atoms with E-state index in [2.05, 4.69) is 12.2 Å². The van der Waals surface area contributed by atoms with Gasteiger partial charge in [0.25, 0.3) is 5.91 Å². The van der Waals surface area contributed by atoms with E-state index in [0.717, 1.165) is 12.8 Å². The monoisotopic (exact) mass is 333 g/mol. The molecule has 6 heteroatoms. The number of aliphatic hydroxyl groups is 2. The number of carbonyl (C=O) groups is 1. The third kappa shape index (κ3) is 6.22. The highest BCUT2D eigenvalue weighted by molar-refractivity contribution is 6.34. The van der Waals surface area contributed by atoms with E-state index >= 15 is 0 Å². The average molecular weight is 334 g/mol. The maximum absolute atomic E-state index is 12.0. The van der Waals surface area contributed by atoms with Gasteiger partial charge in [0.1, 0.15) is 0 Å². The van der Waals surface area contributed by atoms with Crippen LogP contribution in [0.2, 0.25) is 10.0 Å². The minimum absolute atomic E-state index is 0.0903. The maximum atomic E-state index is 12.0. The molecule has 3 N–H and O–H groups in total. The lowest BCUT2D eigenvalue weighted by Crippen LogP contribution is -2.33. The Balaban J connectivity index is 2.61.